The maximum Gasteiger partial charge on any atom is 0.285 e. The standard InChI is InChI=1S/C9H11ClN4O2/c10-8-6-11-7(5-12-8)9(15)13-14-1-3-16-4-2-14/h5-6H,1-4H2,(H,13,15). The number of amides is 1. The molecule has 0 radical (unpaired) electrons. The number of nitrogens with zero attached hydrogens (tertiary/aromatic N) is 3. The van der Waals surface area contributed by atoms with Gasteiger partial charge in [-0.2, -0.15) is 0 Å². The van der Waals surface area contributed by atoms with Gasteiger partial charge >= 0.3 is 0 Å². The highest BCUT2D eigenvalue weighted by atomic mass is 35.5. The molecule has 0 unspecified atom stereocenters. The zero-order chi connectivity index (χ0) is 11.4. The van der Waals surface area contributed by atoms with Gasteiger partial charge in [-0.25, -0.2) is 15.0 Å². The number of hydrogen-bond donors (Lipinski definition) is 1. The molecule has 0 aliphatic carbocycles. The molecule has 1 fully saturated rings. The van der Waals surface area contributed by atoms with Crippen molar-refractivity contribution in [2.45, 2.75) is 0 Å². The van der Waals surface area contributed by atoms with Crippen LogP contribution >= 0.6 is 11.6 Å². The van der Waals surface area contributed by atoms with E-state index in [0.29, 0.717) is 26.3 Å². The van der Waals surface area contributed by atoms with Crippen molar-refractivity contribution in [2.24, 2.45) is 0 Å². The Morgan fingerprint density at radius 3 is 2.75 bits per heavy atom. The summed E-state index contributed by atoms with van der Waals surface area (Å²) in [5.41, 5.74) is 2.97. The van der Waals surface area contributed by atoms with Gasteiger partial charge in [0.25, 0.3) is 5.91 Å². The quantitative estimate of drug-likeness (QED) is 0.797. The van der Waals surface area contributed by atoms with Crippen LogP contribution in [0.3, 0.4) is 0 Å². The Hall–Kier alpha value is -1.24. The summed E-state index contributed by atoms with van der Waals surface area (Å²) in [7, 11) is 0. The molecule has 86 valence electrons. The van der Waals surface area contributed by atoms with Crippen molar-refractivity contribution in [2.75, 3.05) is 26.3 Å². The van der Waals surface area contributed by atoms with Crippen LogP contribution in [0.4, 0.5) is 0 Å². The number of carbonyl (C=O) groups is 1. The highest BCUT2D eigenvalue weighted by Gasteiger charge is 2.15. The van der Waals surface area contributed by atoms with Crippen LogP contribution in [0, 0.1) is 0 Å². The summed E-state index contributed by atoms with van der Waals surface area (Å²) < 4.78 is 5.16. The lowest BCUT2D eigenvalue weighted by Gasteiger charge is -2.26. The van der Waals surface area contributed by atoms with Gasteiger partial charge in [0.15, 0.2) is 0 Å². The second-order valence-corrected chi connectivity index (χ2v) is 3.65. The summed E-state index contributed by atoms with van der Waals surface area (Å²) in [4.78, 5) is 19.4. The van der Waals surface area contributed by atoms with E-state index < -0.39 is 0 Å². The molecule has 0 spiro atoms. The minimum absolute atomic E-state index is 0.246. The van der Waals surface area contributed by atoms with Gasteiger partial charge in [0, 0.05) is 13.1 Å². The first-order chi connectivity index (χ1) is 7.75. The number of halogens is 1. The summed E-state index contributed by atoms with van der Waals surface area (Å²) in [6, 6.07) is 0. The molecule has 1 aromatic rings. The third kappa shape index (κ3) is 2.88. The monoisotopic (exact) mass is 242 g/mol. The van der Waals surface area contributed by atoms with E-state index in [1.54, 1.807) is 5.01 Å². The topological polar surface area (TPSA) is 67.4 Å². The maximum absolute atomic E-state index is 11.7. The summed E-state index contributed by atoms with van der Waals surface area (Å²) >= 11 is 5.58. The number of rotatable bonds is 2. The predicted molar refractivity (Wildman–Crippen MR) is 56.9 cm³/mol. The Morgan fingerprint density at radius 2 is 2.12 bits per heavy atom. The maximum atomic E-state index is 11.7. The van der Waals surface area contributed by atoms with Gasteiger partial charge < -0.3 is 4.74 Å². The zero-order valence-corrected chi connectivity index (χ0v) is 9.28. The van der Waals surface area contributed by atoms with Gasteiger partial charge in [0.1, 0.15) is 10.8 Å². The molecular formula is C9H11ClN4O2. The molecule has 1 aliphatic heterocycles. The van der Waals surface area contributed by atoms with E-state index in [1.165, 1.54) is 12.4 Å². The van der Waals surface area contributed by atoms with E-state index in [4.69, 9.17) is 16.3 Å². The minimum Gasteiger partial charge on any atom is -0.379 e. The van der Waals surface area contributed by atoms with Gasteiger partial charge in [-0.05, 0) is 0 Å². The van der Waals surface area contributed by atoms with Crippen LogP contribution in [0.5, 0.6) is 0 Å². The molecule has 1 aliphatic rings. The third-order valence-corrected chi connectivity index (χ3v) is 2.32. The van der Waals surface area contributed by atoms with Crippen molar-refractivity contribution in [3.05, 3.63) is 23.2 Å². The van der Waals surface area contributed by atoms with E-state index >= 15 is 0 Å². The molecule has 0 bridgehead atoms. The number of ether oxygens (including phenoxy) is 1. The summed E-state index contributed by atoms with van der Waals surface area (Å²) in [6.45, 7) is 2.58. The molecule has 0 saturated carbocycles. The number of nitrogens with one attached hydrogen (secondary N) is 1. The second-order valence-electron chi connectivity index (χ2n) is 3.26. The fourth-order valence-electron chi connectivity index (χ4n) is 1.31. The average Bonchev–Trinajstić information content (AvgIpc) is 2.31. The lowest BCUT2D eigenvalue weighted by Crippen LogP contribution is -2.48. The SMILES string of the molecule is O=C(NN1CCOCC1)c1cnc(Cl)cn1. The Kier molecular flexibility index (Phi) is 3.66. The number of aromatic nitrogens is 2. The lowest BCUT2D eigenvalue weighted by atomic mass is 10.4. The van der Waals surface area contributed by atoms with E-state index in [9.17, 15) is 4.79 Å². The Bertz CT molecular complexity index is 364. The Morgan fingerprint density at radius 1 is 1.38 bits per heavy atom. The van der Waals surface area contributed by atoms with Crippen LogP contribution in [-0.4, -0.2) is 47.2 Å². The molecule has 16 heavy (non-hydrogen) atoms. The van der Waals surface area contributed by atoms with Crippen LogP contribution < -0.4 is 5.43 Å². The van der Waals surface area contributed by atoms with Crippen LogP contribution in [0.2, 0.25) is 5.15 Å². The van der Waals surface area contributed by atoms with E-state index in [1.807, 2.05) is 0 Å². The molecular weight excluding hydrogens is 232 g/mol. The number of carbonyl (C=O) groups excluding carboxylic acids is 1. The normalized spacial score (nSPS) is 17.1. The number of morpholine rings is 1. The summed E-state index contributed by atoms with van der Waals surface area (Å²) in [5.74, 6) is -0.286. The van der Waals surface area contributed by atoms with Gasteiger partial charge in [0.2, 0.25) is 0 Å². The average molecular weight is 243 g/mol. The minimum atomic E-state index is -0.286. The van der Waals surface area contributed by atoms with E-state index in [2.05, 4.69) is 15.4 Å². The Labute approximate surface area is 97.5 Å². The molecule has 1 aromatic heterocycles. The molecule has 1 saturated heterocycles. The summed E-state index contributed by atoms with van der Waals surface area (Å²) in [5, 5.41) is 2.06. The molecule has 2 heterocycles. The highest BCUT2D eigenvalue weighted by Crippen LogP contribution is 2.01. The lowest BCUT2D eigenvalue weighted by molar-refractivity contribution is 0.0124. The third-order valence-electron chi connectivity index (χ3n) is 2.12. The summed E-state index contributed by atoms with van der Waals surface area (Å²) in [6.07, 6.45) is 2.69. The second kappa shape index (κ2) is 5.20. The van der Waals surface area contributed by atoms with Gasteiger partial charge in [0.05, 0.1) is 25.6 Å². The van der Waals surface area contributed by atoms with Crippen molar-refractivity contribution in [1.29, 1.82) is 0 Å². The molecule has 1 amide bonds. The van der Waals surface area contributed by atoms with Crippen molar-refractivity contribution in [1.82, 2.24) is 20.4 Å². The number of hydrogen-bond acceptors (Lipinski definition) is 5. The first-order valence-corrected chi connectivity index (χ1v) is 5.25. The van der Waals surface area contributed by atoms with E-state index in [0.717, 1.165) is 0 Å². The molecule has 2 rings (SSSR count). The van der Waals surface area contributed by atoms with Crippen LogP contribution in [0.25, 0.3) is 0 Å². The van der Waals surface area contributed by atoms with Crippen molar-refractivity contribution < 1.29 is 9.53 Å². The fraction of sp³-hybridized carbons (Fsp3) is 0.444. The molecule has 0 atom stereocenters. The number of hydrazine groups is 1. The zero-order valence-electron chi connectivity index (χ0n) is 8.52. The molecule has 0 aromatic carbocycles. The fourth-order valence-corrected chi connectivity index (χ4v) is 1.40. The smallest absolute Gasteiger partial charge is 0.285 e. The Balaban J connectivity index is 1.94. The molecule has 6 nitrogen and oxygen atoms in total. The first-order valence-electron chi connectivity index (χ1n) is 4.87. The van der Waals surface area contributed by atoms with Gasteiger partial charge in [-0.15, -0.1) is 0 Å². The van der Waals surface area contributed by atoms with Gasteiger partial charge in [-0.1, -0.05) is 11.6 Å². The van der Waals surface area contributed by atoms with Crippen LogP contribution in [0.1, 0.15) is 10.5 Å². The van der Waals surface area contributed by atoms with Gasteiger partial charge in [-0.3, -0.25) is 10.2 Å². The van der Waals surface area contributed by atoms with Crippen molar-refractivity contribution in [3.8, 4) is 0 Å². The van der Waals surface area contributed by atoms with E-state index in [-0.39, 0.29) is 16.8 Å². The predicted octanol–water partition coefficient (Wildman–Crippen LogP) is 0.107. The largest absolute Gasteiger partial charge is 0.379 e. The van der Waals surface area contributed by atoms with Crippen LogP contribution in [-0.2, 0) is 4.74 Å². The molecule has 1 N–H and O–H groups in total. The highest BCUT2D eigenvalue weighted by molar-refractivity contribution is 6.29. The van der Waals surface area contributed by atoms with Crippen LogP contribution in [0.15, 0.2) is 12.4 Å². The molecule has 7 heteroatoms. The van der Waals surface area contributed by atoms with Crippen molar-refractivity contribution in [3.63, 3.8) is 0 Å². The van der Waals surface area contributed by atoms with Crippen molar-refractivity contribution >= 4 is 17.5 Å². The first kappa shape index (κ1) is 11.3.